The van der Waals surface area contributed by atoms with Crippen molar-refractivity contribution in [1.82, 2.24) is 15.3 Å². The first kappa shape index (κ1) is 16.6. The van der Waals surface area contributed by atoms with E-state index in [1.807, 2.05) is 13.8 Å². The van der Waals surface area contributed by atoms with E-state index < -0.39 is 11.0 Å². The molecule has 0 saturated heterocycles. The van der Waals surface area contributed by atoms with Gasteiger partial charge in [0.2, 0.25) is 17.5 Å². The highest BCUT2D eigenvalue weighted by atomic mass is 16.6. The molecule has 0 spiro atoms. The maximum atomic E-state index is 11.9. The minimum Gasteiger partial charge on any atom is -0.367 e. The van der Waals surface area contributed by atoms with Crippen molar-refractivity contribution in [3.8, 4) is 0 Å². The number of rotatable bonds is 7. The number of hydrogen-bond acceptors (Lipinski definition) is 7. The molecular formula is C12H20N6O3. The summed E-state index contributed by atoms with van der Waals surface area (Å²) >= 11 is 0. The number of aromatic nitrogens is 2. The van der Waals surface area contributed by atoms with Gasteiger partial charge >= 0.3 is 5.69 Å². The first-order valence-electron chi connectivity index (χ1n) is 6.58. The topological polar surface area (TPSA) is 122 Å². The molecule has 0 bridgehead atoms. The lowest BCUT2D eigenvalue weighted by Gasteiger charge is -2.16. The number of hydrogen-bond donors (Lipinski definition) is 3. The van der Waals surface area contributed by atoms with Crippen LogP contribution in [0.2, 0.25) is 0 Å². The Balaban J connectivity index is 2.87. The molecule has 1 atom stereocenters. The van der Waals surface area contributed by atoms with Crippen LogP contribution >= 0.6 is 0 Å². The summed E-state index contributed by atoms with van der Waals surface area (Å²) in [7, 11) is 1.53. The van der Waals surface area contributed by atoms with Crippen molar-refractivity contribution < 1.29 is 9.72 Å². The second-order valence-corrected chi connectivity index (χ2v) is 4.93. The third kappa shape index (κ3) is 4.55. The fourth-order valence-electron chi connectivity index (χ4n) is 1.57. The summed E-state index contributed by atoms with van der Waals surface area (Å²) < 4.78 is 0. The largest absolute Gasteiger partial charge is 0.367 e. The molecule has 9 heteroatoms. The zero-order chi connectivity index (χ0) is 16.0. The van der Waals surface area contributed by atoms with E-state index >= 15 is 0 Å². The van der Waals surface area contributed by atoms with E-state index in [1.54, 1.807) is 6.92 Å². The monoisotopic (exact) mass is 296 g/mol. The molecule has 0 radical (unpaired) electrons. The van der Waals surface area contributed by atoms with Gasteiger partial charge in [-0.25, -0.2) is 9.97 Å². The molecular weight excluding hydrogens is 276 g/mol. The molecule has 21 heavy (non-hydrogen) atoms. The third-order valence-electron chi connectivity index (χ3n) is 2.67. The van der Waals surface area contributed by atoms with E-state index in [2.05, 4.69) is 25.9 Å². The van der Waals surface area contributed by atoms with Crippen LogP contribution < -0.4 is 16.0 Å². The summed E-state index contributed by atoms with van der Waals surface area (Å²) in [5.74, 6) is 0.173. The van der Waals surface area contributed by atoms with Crippen molar-refractivity contribution in [1.29, 1.82) is 0 Å². The molecule has 1 aromatic rings. The lowest BCUT2D eigenvalue weighted by molar-refractivity contribution is -0.383. The Morgan fingerprint density at radius 3 is 2.48 bits per heavy atom. The van der Waals surface area contributed by atoms with Crippen LogP contribution in [-0.4, -0.2) is 40.4 Å². The standard InChI is InChI=1S/C12H20N6O3/c1-7(2)5-14-12(19)8(3)17-11-9(18(20)21)10(13-4)15-6-16-11/h6-8H,5H2,1-4H3,(H,14,19)(H2,13,15,16,17). The van der Waals surface area contributed by atoms with Gasteiger partial charge in [-0.1, -0.05) is 13.8 Å². The second-order valence-electron chi connectivity index (χ2n) is 4.93. The van der Waals surface area contributed by atoms with Crippen LogP contribution in [0.3, 0.4) is 0 Å². The maximum absolute atomic E-state index is 11.9. The molecule has 1 heterocycles. The van der Waals surface area contributed by atoms with Crippen LogP contribution in [0.25, 0.3) is 0 Å². The minimum absolute atomic E-state index is 0.00606. The zero-order valence-electron chi connectivity index (χ0n) is 12.5. The molecule has 0 aromatic carbocycles. The number of amides is 1. The van der Waals surface area contributed by atoms with Crippen molar-refractivity contribution in [2.75, 3.05) is 24.2 Å². The summed E-state index contributed by atoms with van der Waals surface area (Å²) in [6.07, 6.45) is 1.19. The average molecular weight is 296 g/mol. The Morgan fingerprint density at radius 2 is 1.95 bits per heavy atom. The predicted octanol–water partition coefficient (Wildman–Crippen LogP) is 0.999. The first-order chi connectivity index (χ1) is 9.86. The zero-order valence-corrected chi connectivity index (χ0v) is 12.5. The van der Waals surface area contributed by atoms with Crippen molar-refractivity contribution in [2.24, 2.45) is 5.92 Å². The Kier molecular flexibility index (Phi) is 5.82. The van der Waals surface area contributed by atoms with E-state index in [9.17, 15) is 14.9 Å². The average Bonchev–Trinajstić information content (AvgIpc) is 2.43. The molecule has 3 N–H and O–H groups in total. The highest BCUT2D eigenvalue weighted by molar-refractivity contribution is 5.85. The number of anilines is 2. The van der Waals surface area contributed by atoms with E-state index in [0.29, 0.717) is 12.5 Å². The molecule has 1 aromatic heterocycles. The molecule has 0 fully saturated rings. The van der Waals surface area contributed by atoms with E-state index in [0.717, 1.165) is 0 Å². The molecule has 1 rings (SSSR count). The number of carbonyl (C=O) groups excluding carboxylic acids is 1. The van der Waals surface area contributed by atoms with E-state index in [4.69, 9.17) is 0 Å². The summed E-state index contributed by atoms with van der Waals surface area (Å²) in [6.45, 7) is 6.11. The summed E-state index contributed by atoms with van der Waals surface area (Å²) in [4.78, 5) is 30.0. The highest BCUT2D eigenvalue weighted by Gasteiger charge is 2.24. The fourth-order valence-corrected chi connectivity index (χ4v) is 1.57. The van der Waals surface area contributed by atoms with Gasteiger partial charge < -0.3 is 16.0 Å². The number of carbonyl (C=O) groups is 1. The Morgan fingerprint density at radius 1 is 1.33 bits per heavy atom. The minimum atomic E-state index is -0.651. The molecule has 9 nitrogen and oxygen atoms in total. The van der Waals surface area contributed by atoms with Crippen molar-refractivity contribution in [2.45, 2.75) is 26.8 Å². The van der Waals surface area contributed by atoms with Gasteiger partial charge in [0.1, 0.15) is 12.4 Å². The van der Waals surface area contributed by atoms with Crippen LogP contribution in [0, 0.1) is 16.0 Å². The van der Waals surface area contributed by atoms with E-state index in [1.165, 1.54) is 13.4 Å². The van der Waals surface area contributed by atoms with E-state index in [-0.39, 0.29) is 23.2 Å². The lowest BCUT2D eigenvalue weighted by atomic mass is 10.2. The van der Waals surface area contributed by atoms with Gasteiger partial charge in [-0.3, -0.25) is 14.9 Å². The van der Waals surface area contributed by atoms with Gasteiger partial charge in [0.15, 0.2) is 0 Å². The van der Waals surface area contributed by atoms with Gasteiger partial charge in [0.25, 0.3) is 0 Å². The number of nitrogens with zero attached hydrogens (tertiary/aromatic N) is 3. The van der Waals surface area contributed by atoms with Crippen molar-refractivity contribution >= 4 is 23.2 Å². The predicted molar refractivity (Wildman–Crippen MR) is 79.2 cm³/mol. The normalized spacial score (nSPS) is 11.9. The molecule has 1 unspecified atom stereocenters. The molecule has 116 valence electrons. The summed E-state index contributed by atoms with van der Waals surface area (Å²) in [5, 5.41) is 19.2. The van der Waals surface area contributed by atoms with Crippen molar-refractivity contribution in [3.63, 3.8) is 0 Å². The second kappa shape index (κ2) is 7.36. The lowest BCUT2D eigenvalue weighted by Crippen LogP contribution is -2.39. The van der Waals surface area contributed by atoms with Gasteiger partial charge in [0, 0.05) is 13.6 Å². The summed E-state index contributed by atoms with van der Waals surface area (Å²) in [6, 6.07) is -0.651. The molecule has 0 aliphatic heterocycles. The molecule has 1 amide bonds. The van der Waals surface area contributed by atoms with Gasteiger partial charge in [-0.2, -0.15) is 0 Å². The highest BCUT2D eigenvalue weighted by Crippen LogP contribution is 2.28. The van der Waals surface area contributed by atoms with Gasteiger partial charge in [-0.15, -0.1) is 0 Å². The van der Waals surface area contributed by atoms with Crippen LogP contribution in [0.15, 0.2) is 6.33 Å². The smallest absolute Gasteiger partial charge is 0.353 e. The molecule has 0 aliphatic rings. The quantitative estimate of drug-likeness (QED) is 0.506. The molecule has 0 saturated carbocycles. The van der Waals surface area contributed by atoms with Crippen LogP contribution in [0.5, 0.6) is 0 Å². The fraction of sp³-hybridized carbons (Fsp3) is 0.583. The SMILES string of the molecule is CNc1ncnc(NC(C)C(=O)NCC(C)C)c1[N+](=O)[O-]. The van der Waals surface area contributed by atoms with Crippen LogP contribution in [0.4, 0.5) is 17.3 Å². The Bertz CT molecular complexity index is 520. The first-order valence-corrected chi connectivity index (χ1v) is 6.58. The van der Waals surface area contributed by atoms with Crippen LogP contribution in [-0.2, 0) is 4.79 Å². The van der Waals surface area contributed by atoms with Gasteiger partial charge in [-0.05, 0) is 12.8 Å². The Hall–Kier alpha value is -2.45. The Labute approximate surface area is 122 Å². The molecule has 0 aliphatic carbocycles. The van der Waals surface area contributed by atoms with Gasteiger partial charge in [0.05, 0.1) is 4.92 Å². The third-order valence-corrected chi connectivity index (χ3v) is 2.67. The number of nitrogens with one attached hydrogen (secondary N) is 3. The van der Waals surface area contributed by atoms with Crippen LogP contribution in [0.1, 0.15) is 20.8 Å². The summed E-state index contributed by atoms with van der Waals surface area (Å²) in [5.41, 5.74) is -0.288. The van der Waals surface area contributed by atoms with Crippen molar-refractivity contribution in [3.05, 3.63) is 16.4 Å². The maximum Gasteiger partial charge on any atom is 0.353 e. The number of nitro groups is 1.